The van der Waals surface area contributed by atoms with Crippen LogP contribution in [0, 0.1) is 5.92 Å². The second-order valence-corrected chi connectivity index (χ2v) is 9.55. The molecule has 0 radical (unpaired) electrons. The van der Waals surface area contributed by atoms with Gasteiger partial charge in [-0.3, -0.25) is 4.79 Å². The summed E-state index contributed by atoms with van der Waals surface area (Å²) in [5, 5.41) is 3.28. The standard InChI is InChI=1S/C17H32N4O3S/c1-19(16-5-3-2-4-6-16)25(23,24)21-13-11-20(12-14-21)17(22)15-7-9-18-10-8-15/h15-16,18H,2-14H2,1H3. The fraction of sp³-hybridized carbons (Fsp3) is 0.941. The summed E-state index contributed by atoms with van der Waals surface area (Å²) in [6.07, 6.45) is 7.14. The van der Waals surface area contributed by atoms with Gasteiger partial charge in [-0.2, -0.15) is 17.0 Å². The zero-order chi connectivity index (χ0) is 17.9. The van der Waals surface area contributed by atoms with Gasteiger partial charge >= 0.3 is 0 Å². The molecular formula is C17H32N4O3S. The monoisotopic (exact) mass is 372 g/mol. The SMILES string of the molecule is CN(C1CCCCC1)S(=O)(=O)N1CCN(C(=O)C2CCNCC2)CC1. The lowest BCUT2D eigenvalue weighted by atomic mass is 9.96. The maximum absolute atomic E-state index is 12.9. The lowest BCUT2D eigenvalue weighted by Crippen LogP contribution is -2.56. The summed E-state index contributed by atoms with van der Waals surface area (Å²) >= 11 is 0. The summed E-state index contributed by atoms with van der Waals surface area (Å²) < 4.78 is 28.9. The van der Waals surface area contributed by atoms with E-state index in [1.165, 1.54) is 6.42 Å². The van der Waals surface area contributed by atoms with Crippen molar-refractivity contribution in [1.82, 2.24) is 18.8 Å². The molecule has 0 spiro atoms. The lowest BCUT2D eigenvalue weighted by molar-refractivity contribution is -0.137. The van der Waals surface area contributed by atoms with Crippen molar-refractivity contribution in [3.8, 4) is 0 Å². The van der Waals surface area contributed by atoms with Gasteiger partial charge in [-0.1, -0.05) is 19.3 Å². The summed E-state index contributed by atoms with van der Waals surface area (Å²) in [4.78, 5) is 14.5. The van der Waals surface area contributed by atoms with Gasteiger partial charge in [0.2, 0.25) is 5.91 Å². The molecule has 25 heavy (non-hydrogen) atoms. The third-order valence-electron chi connectivity index (χ3n) is 6.02. The molecule has 1 aliphatic carbocycles. The van der Waals surface area contributed by atoms with Gasteiger partial charge in [-0.05, 0) is 38.8 Å². The minimum atomic E-state index is -3.42. The van der Waals surface area contributed by atoms with E-state index in [4.69, 9.17) is 0 Å². The van der Waals surface area contributed by atoms with E-state index >= 15 is 0 Å². The van der Waals surface area contributed by atoms with Crippen molar-refractivity contribution in [3.63, 3.8) is 0 Å². The van der Waals surface area contributed by atoms with Crippen LogP contribution in [0.15, 0.2) is 0 Å². The molecule has 0 atom stereocenters. The molecule has 0 aromatic carbocycles. The van der Waals surface area contributed by atoms with Gasteiger partial charge in [0.1, 0.15) is 0 Å². The van der Waals surface area contributed by atoms with Crippen molar-refractivity contribution in [1.29, 1.82) is 0 Å². The van der Waals surface area contributed by atoms with Crippen molar-refractivity contribution < 1.29 is 13.2 Å². The molecule has 2 aliphatic heterocycles. The van der Waals surface area contributed by atoms with Gasteiger partial charge in [-0.25, -0.2) is 0 Å². The highest BCUT2D eigenvalue weighted by Gasteiger charge is 2.36. The van der Waals surface area contributed by atoms with Crippen molar-refractivity contribution in [2.75, 3.05) is 46.3 Å². The van der Waals surface area contributed by atoms with Gasteiger partial charge in [0, 0.05) is 45.2 Å². The zero-order valence-electron chi connectivity index (χ0n) is 15.3. The Hall–Kier alpha value is -0.700. The molecule has 3 aliphatic rings. The Labute approximate surface area is 151 Å². The van der Waals surface area contributed by atoms with Crippen molar-refractivity contribution in [2.45, 2.75) is 51.0 Å². The fourth-order valence-electron chi connectivity index (χ4n) is 4.28. The topological polar surface area (TPSA) is 73.0 Å². The molecule has 2 saturated heterocycles. The highest BCUT2D eigenvalue weighted by atomic mass is 32.2. The van der Waals surface area contributed by atoms with Crippen LogP contribution in [0.4, 0.5) is 0 Å². The molecule has 1 saturated carbocycles. The van der Waals surface area contributed by atoms with Crippen molar-refractivity contribution in [3.05, 3.63) is 0 Å². The molecule has 8 heteroatoms. The van der Waals surface area contributed by atoms with E-state index in [0.717, 1.165) is 51.6 Å². The first-order valence-corrected chi connectivity index (χ1v) is 11.1. The highest BCUT2D eigenvalue weighted by molar-refractivity contribution is 7.86. The van der Waals surface area contributed by atoms with E-state index in [-0.39, 0.29) is 17.9 Å². The molecular weight excluding hydrogens is 340 g/mol. The van der Waals surface area contributed by atoms with E-state index in [1.807, 2.05) is 4.90 Å². The Balaban J connectivity index is 1.54. The second-order valence-electron chi connectivity index (χ2n) is 7.56. The first-order valence-electron chi connectivity index (χ1n) is 9.73. The number of hydrogen-bond donors (Lipinski definition) is 1. The van der Waals surface area contributed by atoms with Crippen LogP contribution < -0.4 is 5.32 Å². The average Bonchev–Trinajstić information content (AvgIpc) is 2.68. The number of nitrogens with one attached hydrogen (secondary N) is 1. The number of piperazine rings is 1. The minimum Gasteiger partial charge on any atom is -0.340 e. The number of nitrogens with zero attached hydrogens (tertiary/aromatic N) is 3. The molecule has 0 aromatic heterocycles. The van der Waals surface area contributed by atoms with Crippen LogP contribution in [-0.2, 0) is 15.0 Å². The normalized spacial score (nSPS) is 25.4. The molecule has 3 fully saturated rings. The minimum absolute atomic E-state index is 0.106. The lowest BCUT2D eigenvalue weighted by Gasteiger charge is -2.39. The van der Waals surface area contributed by atoms with Crippen LogP contribution in [0.2, 0.25) is 0 Å². The number of rotatable bonds is 4. The smallest absolute Gasteiger partial charge is 0.282 e. The molecule has 0 bridgehead atoms. The zero-order valence-corrected chi connectivity index (χ0v) is 16.1. The van der Waals surface area contributed by atoms with E-state index in [0.29, 0.717) is 26.2 Å². The summed E-state index contributed by atoms with van der Waals surface area (Å²) in [5.41, 5.74) is 0. The summed E-state index contributed by atoms with van der Waals surface area (Å²) in [6.45, 7) is 3.65. The first-order chi connectivity index (χ1) is 12.0. The third-order valence-corrected chi connectivity index (χ3v) is 8.06. The molecule has 0 aromatic rings. The van der Waals surface area contributed by atoms with Gasteiger partial charge < -0.3 is 10.2 Å². The van der Waals surface area contributed by atoms with Crippen LogP contribution >= 0.6 is 0 Å². The number of amides is 1. The average molecular weight is 373 g/mol. The van der Waals surface area contributed by atoms with Crippen LogP contribution in [0.1, 0.15) is 44.9 Å². The number of carbonyl (C=O) groups is 1. The molecule has 1 amide bonds. The molecule has 1 N–H and O–H groups in total. The van der Waals surface area contributed by atoms with Gasteiger partial charge in [-0.15, -0.1) is 0 Å². The molecule has 0 unspecified atom stereocenters. The molecule has 3 rings (SSSR count). The fourth-order valence-corrected chi connectivity index (χ4v) is 5.86. The Morgan fingerprint density at radius 3 is 2.16 bits per heavy atom. The maximum Gasteiger partial charge on any atom is 0.282 e. The second kappa shape index (κ2) is 8.33. The quantitative estimate of drug-likeness (QED) is 0.786. The predicted molar refractivity (Wildman–Crippen MR) is 97.3 cm³/mol. The first kappa shape index (κ1) is 19.1. The highest BCUT2D eigenvalue weighted by Crippen LogP contribution is 2.25. The van der Waals surface area contributed by atoms with Crippen molar-refractivity contribution >= 4 is 16.1 Å². The largest absolute Gasteiger partial charge is 0.340 e. The van der Waals surface area contributed by atoms with Crippen LogP contribution in [0.3, 0.4) is 0 Å². The van der Waals surface area contributed by atoms with Crippen LogP contribution in [0.25, 0.3) is 0 Å². The van der Waals surface area contributed by atoms with Crippen LogP contribution in [0.5, 0.6) is 0 Å². The summed E-state index contributed by atoms with van der Waals surface area (Å²) in [6, 6.07) is 0.133. The predicted octanol–water partition coefficient (Wildman–Crippen LogP) is 0.640. The molecule has 144 valence electrons. The number of hydrogen-bond acceptors (Lipinski definition) is 4. The van der Waals surface area contributed by atoms with E-state index in [9.17, 15) is 13.2 Å². The number of piperidine rings is 1. The van der Waals surface area contributed by atoms with E-state index in [2.05, 4.69) is 5.32 Å². The Morgan fingerprint density at radius 2 is 1.56 bits per heavy atom. The van der Waals surface area contributed by atoms with Gasteiger partial charge in [0.05, 0.1) is 0 Å². The molecule has 7 nitrogen and oxygen atoms in total. The third kappa shape index (κ3) is 4.35. The van der Waals surface area contributed by atoms with E-state index in [1.54, 1.807) is 15.7 Å². The Bertz CT molecular complexity index is 548. The molecule has 2 heterocycles. The summed E-state index contributed by atoms with van der Waals surface area (Å²) in [7, 11) is -1.70. The Morgan fingerprint density at radius 1 is 0.960 bits per heavy atom. The Kier molecular flexibility index (Phi) is 6.35. The van der Waals surface area contributed by atoms with Crippen molar-refractivity contribution in [2.24, 2.45) is 5.92 Å². The van der Waals surface area contributed by atoms with Crippen LogP contribution in [-0.4, -0.2) is 80.2 Å². The van der Waals surface area contributed by atoms with Gasteiger partial charge in [0.25, 0.3) is 10.2 Å². The van der Waals surface area contributed by atoms with E-state index < -0.39 is 10.2 Å². The summed E-state index contributed by atoms with van der Waals surface area (Å²) in [5.74, 6) is 0.313. The maximum atomic E-state index is 12.9. The number of carbonyl (C=O) groups excluding carboxylic acids is 1. The van der Waals surface area contributed by atoms with Gasteiger partial charge in [0.15, 0.2) is 0 Å².